The molecule has 0 atom stereocenters. The van der Waals surface area contributed by atoms with Gasteiger partial charge in [0.15, 0.2) is 5.96 Å². The number of nitrogens with zero attached hydrogens (tertiary/aromatic N) is 1. The van der Waals surface area contributed by atoms with E-state index in [0.29, 0.717) is 0 Å². The first-order chi connectivity index (χ1) is 10.8. The minimum Gasteiger partial charge on any atom is -0.496 e. The molecule has 23 heavy (non-hydrogen) atoms. The number of rotatable bonds is 9. The van der Waals surface area contributed by atoms with Gasteiger partial charge in [-0.3, -0.25) is 4.99 Å². The molecule has 130 valence electrons. The average Bonchev–Trinajstić information content (AvgIpc) is 3.36. The fraction of sp³-hybridized carbons (Fsp3) is 0.611. The molecule has 1 aliphatic rings. The van der Waals surface area contributed by atoms with Gasteiger partial charge in [-0.1, -0.05) is 31.0 Å². The quantitative estimate of drug-likeness (QED) is 0.272. The standard InChI is InChI=1S/C18H29N3O.HI/c1-3-19-18(20-13-6-7-15-10-11-15)21-14-12-16-8-4-5-9-17(16)22-2;/h4-5,8-9,15H,3,6-7,10-14H2,1-2H3,(H2,19,20,21);1H. The second-order valence-electron chi connectivity index (χ2n) is 5.83. The van der Waals surface area contributed by atoms with Crippen molar-refractivity contribution in [1.29, 1.82) is 0 Å². The summed E-state index contributed by atoms with van der Waals surface area (Å²) >= 11 is 0. The smallest absolute Gasteiger partial charge is 0.191 e. The van der Waals surface area contributed by atoms with Crippen LogP contribution in [0.25, 0.3) is 0 Å². The Bertz CT molecular complexity index is 475. The number of benzene rings is 1. The number of hydrogen-bond acceptors (Lipinski definition) is 2. The highest BCUT2D eigenvalue weighted by Crippen LogP contribution is 2.33. The zero-order valence-electron chi connectivity index (χ0n) is 14.3. The Morgan fingerprint density at radius 3 is 2.74 bits per heavy atom. The molecule has 1 aromatic rings. The maximum absolute atomic E-state index is 5.38. The fourth-order valence-electron chi connectivity index (χ4n) is 2.54. The van der Waals surface area contributed by atoms with E-state index >= 15 is 0 Å². The second-order valence-corrected chi connectivity index (χ2v) is 5.83. The minimum atomic E-state index is 0. The van der Waals surface area contributed by atoms with Crippen LogP contribution in [0.5, 0.6) is 5.75 Å². The van der Waals surface area contributed by atoms with Crippen LogP contribution in [-0.2, 0) is 6.42 Å². The van der Waals surface area contributed by atoms with Crippen molar-refractivity contribution in [2.75, 3.05) is 26.7 Å². The van der Waals surface area contributed by atoms with Crippen molar-refractivity contribution in [1.82, 2.24) is 10.6 Å². The van der Waals surface area contributed by atoms with Gasteiger partial charge >= 0.3 is 0 Å². The molecule has 1 saturated carbocycles. The van der Waals surface area contributed by atoms with E-state index in [4.69, 9.17) is 4.74 Å². The third-order valence-corrected chi connectivity index (χ3v) is 3.96. The third kappa shape index (κ3) is 7.90. The van der Waals surface area contributed by atoms with Crippen molar-refractivity contribution < 1.29 is 4.74 Å². The highest BCUT2D eigenvalue weighted by Gasteiger charge is 2.19. The molecule has 0 unspecified atom stereocenters. The first kappa shape index (κ1) is 20.1. The van der Waals surface area contributed by atoms with Gasteiger partial charge in [0.2, 0.25) is 0 Å². The van der Waals surface area contributed by atoms with Crippen molar-refractivity contribution in [2.45, 2.75) is 39.0 Å². The Labute approximate surface area is 157 Å². The van der Waals surface area contributed by atoms with Gasteiger partial charge < -0.3 is 15.4 Å². The lowest BCUT2D eigenvalue weighted by Crippen LogP contribution is -2.38. The molecule has 0 radical (unpaired) electrons. The Morgan fingerprint density at radius 2 is 2.04 bits per heavy atom. The van der Waals surface area contributed by atoms with Gasteiger partial charge in [-0.15, -0.1) is 24.0 Å². The zero-order valence-corrected chi connectivity index (χ0v) is 16.6. The Kier molecular flexibility index (Phi) is 10.1. The molecule has 0 heterocycles. The second kappa shape index (κ2) is 11.5. The summed E-state index contributed by atoms with van der Waals surface area (Å²) in [6.07, 6.45) is 6.33. The van der Waals surface area contributed by atoms with Crippen LogP contribution < -0.4 is 15.4 Å². The molecule has 1 aliphatic carbocycles. The van der Waals surface area contributed by atoms with Crippen LogP contribution in [0.4, 0.5) is 0 Å². The molecule has 0 spiro atoms. The van der Waals surface area contributed by atoms with Crippen LogP contribution in [0, 0.1) is 5.92 Å². The lowest BCUT2D eigenvalue weighted by atomic mass is 10.1. The summed E-state index contributed by atoms with van der Waals surface area (Å²) in [5.41, 5.74) is 1.22. The van der Waals surface area contributed by atoms with Crippen molar-refractivity contribution in [2.24, 2.45) is 10.9 Å². The maximum Gasteiger partial charge on any atom is 0.191 e. The predicted octanol–water partition coefficient (Wildman–Crippen LogP) is 3.60. The number of methoxy groups -OCH3 is 1. The van der Waals surface area contributed by atoms with Crippen molar-refractivity contribution in [3.8, 4) is 5.75 Å². The molecule has 2 rings (SSSR count). The van der Waals surface area contributed by atoms with Gasteiger partial charge in [0, 0.05) is 19.6 Å². The van der Waals surface area contributed by atoms with Gasteiger partial charge in [-0.05, 0) is 43.7 Å². The van der Waals surface area contributed by atoms with Crippen molar-refractivity contribution in [3.05, 3.63) is 29.8 Å². The summed E-state index contributed by atoms with van der Waals surface area (Å²) in [6.45, 7) is 4.76. The van der Waals surface area contributed by atoms with Crippen LogP contribution in [0.3, 0.4) is 0 Å². The summed E-state index contributed by atoms with van der Waals surface area (Å²) in [4.78, 5) is 4.65. The van der Waals surface area contributed by atoms with Crippen LogP contribution in [0.1, 0.15) is 38.2 Å². The van der Waals surface area contributed by atoms with E-state index in [1.165, 1.54) is 31.2 Å². The summed E-state index contributed by atoms with van der Waals surface area (Å²) in [7, 11) is 1.72. The van der Waals surface area contributed by atoms with Crippen LogP contribution in [0.2, 0.25) is 0 Å². The number of ether oxygens (including phenoxy) is 1. The largest absolute Gasteiger partial charge is 0.496 e. The molecule has 0 aromatic heterocycles. The number of aliphatic imine (C=N–C) groups is 1. The summed E-state index contributed by atoms with van der Waals surface area (Å²) in [6, 6.07) is 8.17. The monoisotopic (exact) mass is 431 g/mol. The van der Waals surface area contributed by atoms with Gasteiger partial charge in [-0.2, -0.15) is 0 Å². The van der Waals surface area contributed by atoms with E-state index in [-0.39, 0.29) is 24.0 Å². The lowest BCUT2D eigenvalue weighted by Gasteiger charge is -2.12. The van der Waals surface area contributed by atoms with Crippen molar-refractivity contribution >= 4 is 29.9 Å². The lowest BCUT2D eigenvalue weighted by molar-refractivity contribution is 0.409. The zero-order chi connectivity index (χ0) is 15.6. The predicted molar refractivity (Wildman–Crippen MR) is 108 cm³/mol. The van der Waals surface area contributed by atoms with E-state index in [1.54, 1.807) is 7.11 Å². The molecule has 4 nitrogen and oxygen atoms in total. The molecule has 0 bridgehead atoms. The Balaban J connectivity index is 0.00000264. The number of para-hydroxylation sites is 1. The molecule has 0 amide bonds. The van der Waals surface area contributed by atoms with Gasteiger partial charge in [0.1, 0.15) is 5.75 Å². The minimum absolute atomic E-state index is 0. The molecule has 1 fully saturated rings. The SMILES string of the molecule is CCNC(=NCCCC1CC1)NCCc1ccccc1OC.I. The molecule has 0 saturated heterocycles. The van der Waals surface area contributed by atoms with Crippen LogP contribution in [-0.4, -0.2) is 32.7 Å². The molecule has 5 heteroatoms. The first-order valence-corrected chi connectivity index (χ1v) is 8.47. The first-order valence-electron chi connectivity index (χ1n) is 8.47. The van der Waals surface area contributed by atoms with Crippen molar-refractivity contribution in [3.63, 3.8) is 0 Å². The number of halogens is 1. The van der Waals surface area contributed by atoms with Crippen LogP contribution >= 0.6 is 24.0 Å². The highest BCUT2D eigenvalue weighted by atomic mass is 127. The molecule has 2 N–H and O–H groups in total. The summed E-state index contributed by atoms with van der Waals surface area (Å²) in [5, 5.41) is 6.72. The van der Waals surface area contributed by atoms with Gasteiger partial charge in [-0.25, -0.2) is 0 Å². The Morgan fingerprint density at radius 1 is 1.26 bits per heavy atom. The van der Waals surface area contributed by atoms with Gasteiger partial charge in [0.25, 0.3) is 0 Å². The normalized spacial score (nSPS) is 14.1. The summed E-state index contributed by atoms with van der Waals surface area (Å²) in [5.74, 6) is 2.88. The fourth-order valence-corrected chi connectivity index (χ4v) is 2.54. The summed E-state index contributed by atoms with van der Waals surface area (Å²) < 4.78 is 5.38. The van der Waals surface area contributed by atoms with E-state index in [0.717, 1.165) is 43.7 Å². The third-order valence-electron chi connectivity index (χ3n) is 3.96. The highest BCUT2D eigenvalue weighted by molar-refractivity contribution is 14.0. The van der Waals surface area contributed by atoms with E-state index in [9.17, 15) is 0 Å². The molecule has 0 aliphatic heterocycles. The topological polar surface area (TPSA) is 45.7 Å². The number of hydrogen-bond donors (Lipinski definition) is 2. The average molecular weight is 431 g/mol. The Hall–Kier alpha value is -0.980. The van der Waals surface area contributed by atoms with Gasteiger partial charge in [0.05, 0.1) is 7.11 Å². The molecule has 1 aromatic carbocycles. The van der Waals surface area contributed by atoms with E-state index in [2.05, 4.69) is 34.7 Å². The molecular weight excluding hydrogens is 401 g/mol. The number of guanidine groups is 1. The van der Waals surface area contributed by atoms with E-state index < -0.39 is 0 Å². The number of nitrogens with one attached hydrogen (secondary N) is 2. The van der Waals surface area contributed by atoms with Crippen LogP contribution in [0.15, 0.2) is 29.3 Å². The maximum atomic E-state index is 5.38. The van der Waals surface area contributed by atoms with E-state index in [1.807, 2.05) is 12.1 Å². The molecular formula is C18H30IN3O.